The summed E-state index contributed by atoms with van der Waals surface area (Å²) in [4.78, 5) is 20.9. The number of benzene rings is 1. The molecule has 2 aromatic rings. The van der Waals surface area contributed by atoms with Crippen molar-refractivity contribution >= 4 is 11.6 Å². The molecule has 2 heterocycles. The molecule has 0 aliphatic carbocycles. The summed E-state index contributed by atoms with van der Waals surface area (Å²) in [6, 6.07) is 4.52. The molecule has 29 heavy (non-hydrogen) atoms. The molecule has 1 amide bonds. The Hall–Kier alpha value is -2.55. The molecule has 0 saturated carbocycles. The Kier molecular flexibility index (Phi) is 6.46. The van der Waals surface area contributed by atoms with Gasteiger partial charge in [0.05, 0.1) is 12.1 Å². The molecule has 1 aromatic carbocycles. The van der Waals surface area contributed by atoms with Crippen LogP contribution in [0.5, 0.6) is 0 Å². The smallest absolute Gasteiger partial charge is 0.277 e. The minimum absolute atomic E-state index is 0.154. The lowest BCUT2D eigenvalue weighted by Gasteiger charge is -2.36. The Morgan fingerprint density at radius 2 is 2.07 bits per heavy atom. The van der Waals surface area contributed by atoms with Gasteiger partial charge in [-0.25, -0.2) is 9.37 Å². The van der Waals surface area contributed by atoms with Crippen LogP contribution in [0.2, 0.25) is 0 Å². The molecule has 1 aliphatic rings. The average molecular weight is 402 g/mol. The van der Waals surface area contributed by atoms with E-state index in [1.807, 2.05) is 0 Å². The van der Waals surface area contributed by atoms with E-state index in [1.54, 1.807) is 32.1 Å². The van der Waals surface area contributed by atoms with Crippen molar-refractivity contribution in [3.63, 3.8) is 0 Å². The third kappa shape index (κ3) is 5.72. The molecule has 1 unspecified atom stereocenters. The highest BCUT2D eigenvalue weighted by molar-refractivity contribution is 6.02. The fourth-order valence-corrected chi connectivity index (χ4v) is 3.17. The van der Waals surface area contributed by atoms with E-state index in [1.165, 1.54) is 12.3 Å². The molecule has 7 nitrogen and oxygen atoms in total. The van der Waals surface area contributed by atoms with Crippen molar-refractivity contribution in [3.05, 3.63) is 60.1 Å². The van der Waals surface area contributed by atoms with Gasteiger partial charge < -0.3 is 14.8 Å². The summed E-state index contributed by atoms with van der Waals surface area (Å²) in [5, 5.41) is 12.7. The van der Waals surface area contributed by atoms with Crippen molar-refractivity contribution in [2.45, 2.75) is 26.0 Å². The van der Waals surface area contributed by atoms with Gasteiger partial charge in [-0.05, 0) is 31.5 Å². The van der Waals surface area contributed by atoms with Gasteiger partial charge in [0.25, 0.3) is 5.91 Å². The Morgan fingerprint density at radius 1 is 1.38 bits per heavy atom. The SMILES string of the molecule is C=CC(C)(O)CN1CCN(Cc2nc(C(=O)Nc3ccc(C)c(F)c3)co2)CC1. The van der Waals surface area contributed by atoms with Crippen molar-refractivity contribution in [3.8, 4) is 0 Å². The zero-order chi connectivity index (χ0) is 21.0. The van der Waals surface area contributed by atoms with Crippen molar-refractivity contribution in [1.29, 1.82) is 0 Å². The molecule has 3 rings (SSSR count). The molecule has 8 heteroatoms. The number of aryl methyl sites for hydroxylation is 1. The van der Waals surface area contributed by atoms with Gasteiger partial charge in [-0.1, -0.05) is 12.1 Å². The van der Waals surface area contributed by atoms with E-state index in [0.717, 1.165) is 26.2 Å². The van der Waals surface area contributed by atoms with Gasteiger partial charge in [-0.3, -0.25) is 14.6 Å². The number of piperazine rings is 1. The Bertz CT molecular complexity index is 873. The third-order valence-corrected chi connectivity index (χ3v) is 5.02. The van der Waals surface area contributed by atoms with E-state index >= 15 is 0 Å². The first-order valence-corrected chi connectivity index (χ1v) is 9.58. The first-order valence-electron chi connectivity index (χ1n) is 9.58. The van der Waals surface area contributed by atoms with Gasteiger partial charge in [0.2, 0.25) is 5.89 Å². The summed E-state index contributed by atoms with van der Waals surface area (Å²) < 4.78 is 19.1. The van der Waals surface area contributed by atoms with Crippen LogP contribution in [-0.4, -0.2) is 64.1 Å². The lowest BCUT2D eigenvalue weighted by atomic mass is 10.1. The van der Waals surface area contributed by atoms with E-state index in [2.05, 4.69) is 26.7 Å². The monoisotopic (exact) mass is 402 g/mol. The second-order valence-corrected chi connectivity index (χ2v) is 7.66. The largest absolute Gasteiger partial charge is 0.447 e. The quantitative estimate of drug-likeness (QED) is 0.693. The Balaban J connectivity index is 1.51. The van der Waals surface area contributed by atoms with Crippen LogP contribution in [0.4, 0.5) is 10.1 Å². The minimum atomic E-state index is -0.895. The highest BCUT2D eigenvalue weighted by Crippen LogP contribution is 2.16. The van der Waals surface area contributed by atoms with Crippen LogP contribution in [0.25, 0.3) is 0 Å². The van der Waals surface area contributed by atoms with Crippen LogP contribution in [-0.2, 0) is 6.54 Å². The second kappa shape index (κ2) is 8.86. The maximum atomic E-state index is 13.6. The normalized spacial score (nSPS) is 17.7. The standard InChI is InChI=1S/C21H27FN4O3/c1-4-21(3,28)14-26-9-7-25(8-10-26)12-19-24-18(13-29-19)20(27)23-16-6-5-15(2)17(22)11-16/h4-6,11,13,28H,1,7-10,12,14H2,2-3H3,(H,23,27). The number of aliphatic hydroxyl groups is 1. The van der Waals surface area contributed by atoms with Gasteiger partial charge in [-0.15, -0.1) is 6.58 Å². The zero-order valence-corrected chi connectivity index (χ0v) is 16.8. The second-order valence-electron chi connectivity index (χ2n) is 7.66. The molecule has 1 aliphatic heterocycles. The molecular formula is C21H27FN4O3. The predicted octanol–water partition coefficient (Wildman–Crippen LogP) is 2.43. The molecular weight excluding hydrogens is 375 g/mol. The van der Waals surface area contributed by atoms with Crippen LogP contribution in [0.1, 0.15) is 28.9 Å². The van der Waals surface area contributed by atoms with Gasteiger partial charge >= 0.3 is 0 Å². The number of hydrogen-bond acceptors (Lipinski definition) is 6. The molecule has 1 fully saturated rings. The minimum Gasteiger partial charge on any atom is -0.447 e. The Labute approximate surface area is 169 Å². The van der Waals surface area contributed by atoms with E-state index in [4.69, 9.17) is 4.42 Å². The maximum Gasteiger partial charge on any atom is 0.277 e. The average Bonchev–Trinajstić information content (AvgIpc) is 3.15. The molecule has 0 spiro atoms. The number of β-amino-alcohol motifs (C(OH)–C–C–N with tert-alkyl or cyclic N) is 1. The van der Waals surface area contributed by atoms with E-state index in [-0.39, 0.29) is 11.5 Å². The topological polar surface area (TPSA) is 81.8 Å². The van der Waals surface area contributed by atoms with Gasteiger partial charge in [0, 0.05) is 38.4 Å². The first-order chi connectivity index (χ1) is 13.8. The molecule has 1 atom stereocenters. The number of nitrogens with zero attached hydrogens (tertiary/aromatic N) is 3. The van der Waals surface area contributed by atoms with Crippen molar-refractivity contribution in [1.82, 2.24) is 14.8 Å². The number of nitrogens with one attached hydrogen (secondary N) is 1. The summed E-state index contributed by atoms with van der Waals surface area (Å²) in [5.41, 5.74) is 0.142. The number of hydrogen-bond donors (Lipinski definition) is 2. The summed E-state index contributed by atoms with van der Waals surface area (Å²) >= 11 is 0. The lowest BCUT2D eigenvalue weighted by molar-refractivity contribution is 0.0348. The highest BCUT2D eigenvalue weighted by Gasteiger charge is 2.25. The predicted molar refractivity (Wildman–Crippen MR) is 108 cm³/mol. The molecule has 1 saturated heterocycles. The van der Waals surface area contributed by atoms with E-state index in [0.29, 0.717) is 30.2 Å². The Morgan fingerprint density at radius 3 is 2.72 bits per heavy atom. The maximum absolute atomic E-state index is 13.6. The number of anilines is 1. The van der Waals surface area contributed by atoms with Crippen LogP contribution in [0, 0.1) is 12.7 Å². The number of oxazole rings is 1. The van der Waals surface area contributed by atoms with Crippen molar-refractivity contribution in [2.75, 3.05) is 38.0 Å². The number of carbonyl (C=O) groups is 1. The van der Waals surface area contributed by atoms with Crippen molar-refractivity contribution in [2.24, 2.45) is 0 Å². The van der Waals surface area contributed by atoms with Gasteiger partial charge in [0.1, 0.15) is 12.1 Å². The van der Waals surface area contributed by atoms with Gasteiger partial charge in [-0.2, -0.15) is 0 Å². The molecule has 0 radical (unpaired) electrons. The molecule has 156 valence electrons. The van der Waals surface area contributed by atoms with Crippen LogP contribution < -0.4 is 5.32 Å². The number of aromatic nitrogens is 1. The number of rotatable bonds is 7. The number of halogens is 1. The molecule has 1 aromatic heterocycles. The third-order valence-electron chi connectivity index (χ3n) is 5.02. The summed E-state index contributed by atoms with van der Waals surface area (Å²) in [6.45, 7) is 11.4. The van der Waals surface area contributed by atoms with Crippen molar-refractivity contribution < 1.29 is 18.7 Å². The van der Waals surface area contributed by atoms with E-state index in [9.17, 15) is 14.3 Å². The first kappa shape index (κ1) is 21.2. The molecule has 2 N–H and O–H groups in total. The molecule has 0 bridgehead atoms. The number of carbonyl (C=O) groups excluding carboxylic acids is 1. The zero-order valence-electron chi connectivity index (χ0n) is 16.8. The number of amides is 1. The van der Waals surface area contributed by atoms with Gasteiger partial charge in [0.15, 0.2) is 5.69 Å². The summed E-state index contributed by atoms with van der Waals surface area (Å²) in [6.07, 6.45) is 2.87. The lowest BCUT2D eigenvalue weighted by Crippen LogP contribution is -2.50. The van der Waals surface area contributed by atoms with Crippen LogP contribution in [0.3, 0.4) is 0 Å². The summed E-state index contributed by atoms with van der Waals surface area (Å²) in [5.74, 6) is -0.367. The highest BCUT2D eigenvalue weighted by atomic mass is 19.1. The van der Waals surface area contributed by atoms with Crippen LogP contribution >= 0.6 is 0 Å². The fourth-order valence-electron chi connectivity index (χ4n) is 3.17. The fraction of sp³-hybridized carbons (Fsp3) is 0.429. The van der Waals surface area contributed by atoms with Crippen LogP contribution in [0.15, 0.2) is 41.5 Å². The summed E-state index contributed by atoms with van der Waals surface area (Å²) in [7, 11) is 0. The van der Waals surface area contributed by atoms with E-state index < -0.39 is 11.5 Å².